The first-order valence-corrected chi connectivity index (χ1v) is 9.99. The molecule has 30 heavy (non-hydrogen) atoms. The Labute approximate surface area is 178 Å². The molecule has 1 aromatic heterocycles. The molecular formula is C22H20ClFN4O2. The van der Waals surface area contributed by atoms with Gasteiger partial charge in [0.25, 0.3) is 5.56 Å². The van der Waals surface area contributed by atoms with Crippen molar-refractivity contribution in [1.29, 1.82) is 0 Å². The second kappa shape index (κ2) is 8.67. The van der Waals surface area contributed by atoms with Gasteiger partial charge in [-0.1, -0.05) is 23.7 Å². The van der Waals surface area contributed by atoms with E-state index in [1.807, 2.05) is 24.3 Å². The molecule has 0 N–H and O–H groups in total. The van der Waals surface area contributed by atoms with Gasteiger partial charge in [-0.15, -0.1) is 0 Å². The van der Waals surface area contributed by atoms with Crippen molar-refractivity contribution in [1.82, 2.24) is 14.5 Å². The quantitative estimate of drug-likeness (QED) is 0.643. The number of piperazine rings is 1. The fourth-order valence-corrected chi connectivity index (χ4v) is 3.73. The molecule has 1 aliphatic rings. The number of amides is 1. The van der Waals surface area contributed by atoms with Crippen molar-refractivity contribution in [3.05, 3.63) is 82.1 Å². The number of rotatable bonds is 4. The van der Waals surface area contributed by atoms with Crippen LogP contribution in [0, 0.1) is 5.82 Å². The molecule has 0 bridgehead atoms. The summed E-state index contributed by atoms with van der Waals surface area (Å²) in [4.78, 5) is 33.2. The summed E-state index contributed by atoms with van der Waals surface area (Å²) >= 11 is 6.26. The second-order valence-electron chi connectivity index (χ2n) is 7.07. The SMILES string of the molecule is O=C(Cn1cnc(-c2ccc(F)cc2)cc1=O)N1CCN(c2ccccc2Cl)CC1. The Bertz CT molecular complexity index is 1110. The lowest BCUT2D eigenvalue weighted by Gasteiger charge is -2.36. The first-order valence-electron chi connectivity index (χ1n) is 9.61. The van der Waals surface area contributed by atoms with Gasteiger partial charge < -0.3 is 9.80 Å². The van der Waals surface area contributed by atoms with Crippen LogP contribution in [0.15, 0.2) is 65.7 Å². The van der Waals surface area contributed by atoms with Crippen molar-refractivity contribution in [3.63, 3.8) is 0 Å². The average Bonchev–Trinajstić information content (AvgIpc) is 2.76. The Morgan fingerprint density at radius 2 is 1.73 bits per heavy atom. The summed E-state index contributed by atoms with van der Waals surface area (Å²) in [5.41, 5.74) is 1.72. The maximum atomic E-state index is 13.1. The monoisotopic (exact) mass is 426 g/mol. The number of hydrogen-bond donors (Lipinski definition) is 0. The molecular weight excluding hydrogens is 407 g/mol. The Balaban J connectivity index is 1.39. The van der Waals surface area contributed by atoms with E-state index in [0.29, 0.717) is 42.5 Å². The molecule has 1 amide bonds. The lowest BCUT2D eigenvalue weighted by Crippen LogP contribution is -2.50. The first-order chi connectivity index (χ1) is 14.5. The van der Waals surface area contributed by atoms with Crippen LogP contribution >= 0.6 is 11.6 Å². The molecule has 4 rings (SSSR count). The molecule has 0 saturated carbocycles. The molecule has 8 heteroatoms. The van der Waals surface area contributed by atoms with Crippen LogP contribution in [-0.4, -0.2) is 46.5 Å². The molecule has 2 heterocycles. The third kappa shape index (κ3) is 4.36. The number of hydrogen-bond acceptors (Lipinski definition) is 4. The third-order valence-corrected chi connectivity index (χ3v) is 5.47. The Morgan fingerprint density at radius 1 is 1.03 bits per heavy atom. The van der Waals surface area contributed by atoms with Crippen LogP contribution in [0.2, 0.25) is 5.02 Å². The number of carbonyl (C=O) groups is 1. The standard InChI is InChI=1S/C22H20ClFN4O2/c23-18-3-1-2-4-20(18)26-9-11-27(12-10-26)22(30)14-28-15-25-19(13-21(28)29)16-5-7-17(24)8-6-16/h1-8,13,15H,9-12,14H2. The molecule has 6 nitrogen and oxygen atoms in total. The van der Waals surface area contributed by atoms with E-state index in [1.54, 1.807) is 17.0 Å². The molecule has 0 aliphatic carbocycles. The van der Waals surface area contributed by atoms with Crippen LogP contribution in [0.1, 0.15) is 0 Å². The number of aromatic nitrogens is 2. The minimum absolute atomic E-state index is 0.0678. The van der Waals surface area contributed by atoms with Crippen molar-refractivity contribution < 1.29 is 9.18 Å². The topological polar surface area (TPSA) is 58.4 Å². The highest BCUT2D eigenvalue weighted by Crippen LogP contribution is 2.26. The summed E-state index contributed by atoms with van der Waals surface area (Å²) in [6.45, 7) is 2.39. The lowest BCUT2D eigenvalue weighted by atomic mass is 10.1. The maximum Gasteiger partial charge on any atom is 0.254 e. The third-order valence-electron chi connectivity index (χ3n) is 5.15. The summed E-state index contributed by atoms with van der Waals surface area (Å²) < 4.78 is 14.4. The molecule has 1 fully saturated rings. The normalized spacial score (nSPS) is 14.1. The van der Waals surface area contributed by atoms with Gasteiger partial charge in [0, 0.05) is 37.8 Å². The molecule has 0 unspecified atom stereocenters. The van der Waals surface area contributed by atoms with Crippen molar-refractivity contribution in [3.8, 4) is 11.3 Å². The van der Waals surface area contributed by atoms with Gasteiger partial charge in [-0.2, -0.15) is 0 Å². The summed E-state index contributed by atoms with van der Waals surface area (Å²) in [7, 11) is 0. The molecule has 2 aromatic carbocycles. The minimum atomic E-state index is -0.354. The largest absolute Gasteiger partial charge is 0.367 e. The second-order valence-corrected chi connectivity index (χ2v) is 7.47. The predicted molar refractivity (Wildman–Crippen MR) is 114 cm³/mol. The average molecular weight is 427 g/mol. The van der Waals surface area contributed by atoms with Crippen LogP contribution in [0.25, 0.3) is 11.3 Å². The van der Waals surface area contributed by atoms with E-state index in [4.69, 9.17) is 11.6 Å². The minimum Gasteiger partial charge on any atom is -0.367 e. The van der Waals surface area contributed by atoms with Crippen molar-refractivity contribution in [2.75, 3.05) is 31.1 Å². The van der Waals surface area contributed by atoms with Crippen LogP contribution < -0.4 is 10.5 Å². The molecule has 0 radical (unpaired) electrons. The summed E-state index contributed by atoms with van der Waals surface area (Å²) in [6.07, 6.45) is 1.36. The van der Waals surface area contributed by atoms with E-state index >= 15 is 0 Å². The van der Waals surface area contributed by atoms with Gasteiger partial charge in [0.2, 0.25) is 5.91 Å². The fraction of sp³-hybridized carbons (Fsp3) is 0.227. The molecule has 1 saturated heterocycles. The Morgan fingerprint density at radius 3 is 2.40 bits per heavy atom. The summed E-state index contributed by atoms with van der Waals surface area (Å²) in [5.74, 6) is -0.487. The zero-order chi connectivity index (χ0) is 21.1. The number of para-hydroxylation sites is 1. The van der Waals surface area contributed by atoms with Crippen LogP contribution in [-0.2, 0) is 11.3 Å². The van der Waals surface area contributed by atoms with E-state index in [2.05, 4.69) is 9.88 Å². The number of halogens is 2. The smallest absolute Gasteiger partial charge is 0.254 e. The van der Waals surface area contributed by atoms with Crippen LogP contribution in [0.5, 0.6) is 0 Å². The van der Waals surface area contributed by atoms with Crippen LogP contribution in [0.3, 0.4) is 0 Å². The van der Waals surface area contributed by atoms with Gasteiger partial charge in [-0.25, -0.2) is 9.37 Å². The van der Waals surface area contributed by atoms with Crippen molar-refractivity contribution in [2.24, 2.45) is 0 Å². The fourth-order valence-electron chi connectivity index (χ4n) is 3.47. The van der Waals surface area contributed by atoms with Crippen LogP contribution in [0.4, 0.5) is 10.1 Å². The maximum absolute atomic E-state index is 13.1. The summed E-state index contributed by atoms with van der Waals surface area (Å²) in [6, 6.07) is 14.7. The number of carbonyl (C=O) groups excluding carboxylic acids is 1. The van der Waals surface area contributed by atoms with E-state index < -0.39 is 0 Å². The molecule has 154 valence electrons. The molecule has 0 spiro atoms. The van der Waals surface area contributed by atoms with Crippen molar-refractivity contribution in [2.45, 2.75) is 6.54 Å². The summed E-state index contributed by atoms with van der Waals surface area (Å²) in [5, 5.41) is 0.691. The lowest BCUT2D eigenvalue weighted by molar-refractivity contribution is -0.132. The highest BCUT2D eigenvalue weighted by Gasteiger charge is 2.22. The number of nitrogens with zero attached hydrogens (tertiary/aromatic N) is 4. The Kier molecular flexibility index (Phi) is 5.81. The van der Waals surface area contributed by atoms with Gasteiger partial charge in [0.15, 0.2) is 0 Å². The first kappa shape index (κ1) is 20.1. The Hall–Kier alpha value is -3.19. The van der Waals surface area contributed by atoms with Crippen molar-refractivity contribution >= 4 is 23.2 Å². The van der Waals surface area contributed by atoms with Gasteiger partial charge >= 0.3 is 0 Å². The molecule has 0 atom stereocenters. The van der Waals surface area contributed by atoms with E-state index in [0.717, 1.165) is 5.69 Å². The molecule has 3 aromatic rings. The van der Waals surface area contributed by atoms with E-state index in [9.17, 15) is 14.0 Å². The highest BCUT2D eigenvalue weighted by molar-refractivity contribution is 6.33. The highest BCUT2D eigenvalue weighted by atomic mass is 35.5. The van der Waals surface area contributed by atoms with Gasteiger partial charge in [0.1, 0.15) is 12.4 Å². The van der Waals surface area contributed by atoms with Gasteiger partial charge in [-0.3, -0.25) is 14.2 Å². The molecule has 1 aliphatic heterocycles. The zero-order valence-electron chi connectivity index (χ0n) is 16.2. The van der Waals surface area contributed by atoms with E-state index in [1.165, 1.54) is 29.1 Å². The van der Waals surface area contributed by atoms with Gasteiger partial charge in [0.05, 0.1) is 22.7 Å². The van der Waals surface area contributed by atoms with E-state index in [-0.39, 0.29) is 23.8 Å². The van der Waals surface area contributed by atoms with Gasteiger partial charge in [-0.05, 0) is 36.4 Å². The number of benzene rings is 2. The number of anilines is 1. The zero-order valence-corrected chi connectivity index (χ0v) is 16.9. The predicted octanol–water partition coefficient (Wildman–Crippen LogP) is 3.05.